The van der Waals surface area contributed by atoms with Crippen molar-refractivity contribution in [3.8, 4) is 0 Å². The number of fused-ring (bicyclic) bond motifs is 1. The fourth-order valence-corrected chi connectivity index (χ4v) is 5.44. The molecule has 0 unspecified atom stereocenters. The summed E-state index contributed by atoms with van der Waals surface area (Å²) >= 11 is 0. The molecule has 154 valence electrons. The van der Waals surface area contributed by atoms with Crippen LogP contribution in [0, 0.1) is 0 Å². The minimum absolute atomic E-state index is 0. The molecule has 2 fully saturated rings. The first-order valence-electron chi connectivity index (χ1n) is 9.10. The maximum atomic E-state index is 12.9. The van der Waals surface area contributed by atoms with Crippen molar-refractivity contribution in [2.24, 2.45) is 5.73 Å². The number of carbonyl (C=O) groups is 1. The molecule has 1 aromatic heterocycles. The number of amides is 1. The smallest absolute Gasteiger partial charge is 0.323 e. The molecular formula is C17H24ClN5O4S. The summed E-state index contributed by atoms with van der Waals surface area (Å²) < 4.78 is 27.2. The number of rotatable bonds is 3. The highest BCUT2D eigenvalue weighted by molar-refractivity contribution is 7.89. The van der Waals surface area contributed by atoms with Gasteiger partial charge in [-0.05, 0) is 31.0 Å². The number of carbonyl (C=O) groups excluding carboxylic acids is 1. The molecule has 2 heterocycles. The van der Waals surface area contributed by atoms with E-state index >= 15 is 0 Å². The van der Waals surface area contributed by atoms with Gasteiger partial charge in [-0.2, -0.15) is 4.31 Å². The second kappa shape index (κ2) is 7.51. The van der Waals surface area contributed by atoms with Gasteiger partial charge in [0.05, 0.1) is 21.5 Å². The van der Waals surface area contributed by atoms with Crippen molar-refractivity contribution in [1.82, 2.24) is 19.2 Å². The Balaban J connectivity index is 0.00000225. The van der Waals surface area contributed by atoms with Gasteiger partial charge in [0.15, 0.2) is 0 Å². The van der Waals surface area contributed by atoms with Crippen LogP contribution in [-0.4, -0.2) is 65.2 Å². The van der Waals surface area contributed by atoms with Crippen LogP contribution >= 0.6 is 12.4 Å². The number of aromatic nitrogens is 2. The SMILES string of the molecule is Cl.NC1(C(=O)N2CCN(S(=O)(=O)c3ccc4[nH]c(=O)[nH]c4c3)CC2)CCCC1. The lowest BCUT2D eigenvalue weighted by Gasteiger charge is -2.37. The second-order valence-electron chi connectivity index (χ2n) is 7.35. The summed E-state index contributed by atoms with van der Waals surface area (Å²) in [7, 11) is -3.70. The van der Waals surface area contributed by atoms with Crippen molar-refractivity contribution in [2.75, 3.05) is 26.2 Å². The molecule has 11 heteroatoms. The van der Waals surface area contributed by atoms with Crippen LogP contribution in [0.1, 0.15) is 25.7 Å². The Morgan fingerprint density at radius 2 is 1.64 bits per heavy atom. The highest BCUT2D eigenvalue weighted by atomic mass is 35.5. The minimum Gasteiger partial charge on any atom is -0.338 e. The molecule has 2 aliphatic rings. The maximum absolute atomic E-state index is 12.9. The lowest BCUT2D eigenvalue weighted by molar-refractivity contribution is -0.138. The number of hydrogen-bond acceptors (Lipinski definition) is 5. The molecule has 1 saturated carbocycles. The van der Waals surface area contributed by atoms with Gasteiger partial charge in [0.2, 0.25) is 15.9 Å². The number of halogens is 1. The van der Waals surface area contributed by atoms with Crippen molar-refractivity contribution < 1.29 is 13.2 Å². The van der Waals surface area contributed by atoms with Crippen molar-refractivity contribution in [1.29, 1.82) is 0 Å². The predicted molar refractivity (Wildman–Crippen MR) is 107 cm³/mol. The van der Waals surface area contributed by atoms with Crippen molar-refractivity contribution in [3.63, 3.8) is 0 Å². The molecule has 1 saturated heterocycles. The fourth-order valence-electron chi connectivity index (χ4n) is 3.99. The summed E-state index contributed by atoms with van der Waals surface area (Å²) in [6.07, 6.45) is 3.30. The molecule has 0 radical (unpaired) electrons. The van der Waals surface area contributed by atoms with Gasteiger partial charge in [-0.15, -0.1) is 12.4 Å². The number of nitrogens with two attached hydrogens (primary N) is 1. The molecule has 28 heavy (non-hydrogen) atoms. The Hall–Kier alpha value is -1.88. The lowest BCUT2D eigenvalue weighted by atomic mass is 9.97. The van der Waals surface area contributed by atoms with Crippen LogP contribution in [0.5, 0.6) is 0 Å². The number of H-pyrrole nitrogens is 2. The fraction of sp³-hybridized carbons (Fsp3) is 0.529. The average Bonchev–Trinajstić information content (AvgIpc) is 3.26. The Morgan fingerprint density at radius 3 is 2.29 bits per heavy atom. The number of aromatic amines is 2. The van der Waals surface area contributed by atoms with Crippen LogP contribution in [0.3, 0.4) is 0 Å². The van der Waals surface area contributed by atoms with E-state index < -0.39 is 15.6 Å². The maximum Gasteiger partial charge on any atom is 0.323 e. The first-order chi connectivity index (χ1) is 12.8. The zero-order valence-corrected chi connectivity index (χ0v) is 16.9. The Bertz CT molecular complexity index is 1030. The van der Waals surface area contributed by atoms with E-state index in [-0.39, 0.29) is 42.0 Å². The van der Waals surface area contributed by atoms with E-state index in [2.05, 4.69) is 9.97 Å². The Labute approximate surface area is 168 Å². The molecule has 1 aliphatic heterocycles. The molecular weight excluding hydrogens is 406 g/mol. The summed E-state index contributed by atoms with van der Waals surface area (Å²) in [4.78, 5) is 31.0. The average molecular weight is 430 g/mol. The Morgan fingerprint density at radius 1 is 1.04 bits per heavy atom. The van der Waals surface area contributed by atoms with Crippen molar-refractivity contribution in [2.45, 2.75) is 36.1 Å². The van der Waals surface area contributed by atoms with Gasteiger partial charge in [-0.1, -0.05) is 12.8 Å². The molecule has 0 atom stereocenters. The standard InChI is InChI=1S/C17H23N5O4S.ClH/c18-17(5-1-2-6-17)15(23)21-7-9-22(10-8-21)27(25,26)12-3-4-13-14(11-12)20-16(24)19-13;/h3-4,11H,1-2,5-10,18H2,(H2,19,20,24);1H. The molecule has 0 bridgehead atoms. The van der Waals surface area contributed by atoms with Crippen LogP contribution in [0.15, 0.2) is 27.9 Å². The number of benzene rings is 1. The molecule has 4 rings (SSSR count). The highest BCUT2D eigenvalue weighted by Gasteiger charge is 2.41. The summed E-state index contributed by atoms with van der Waals surface area (Å²) in [5, 5.41) is 0. The number of imidazole rings is 1. The van der Waals surface area contributed by atoms with Gasteiger partial charge in [0.25, 0.3) is 0 Å². The second-order valence-corrected chi connectivity index (χ2v) is 9.28. The normalized spacial score (nSPS) is 20.2. The monoisotopic (exact) mass is 429 g/mol. The largest absolute Gasteiger partial charge is 0.338 e. The third-order valence-corrected chi connectivity index (χ3v) is 7.47. The predicted octanol–water partition coefficient (Wildman–Crippen LogP) is 0.382. The number of hydrogen-bond donors (Lipinski definition) is 3. The first-order valence-corrected chi connectivity index (χ1v) is 10.5. The van der Waals surface area contributed by atoms with Crippen molar-refractivity contribution in [3.05, 3.63) is 28.7 Å². The molecule has 4 N–H and O–H groups in total. The van der Waals surface area contributed by atoms with Crippen LogP contribution in [0.25, 0.3) is 11.0 Å². The molecule has 2 aromatic rings. The van der Waals surface area contributed by atoms with Gasteiger partial charge in [-0.3, -0.25) is 4.79 Å². The molecule has 1 aromatic carbocycles. The van der Waals surface area contributed by atoms with E-state index in [0.29, 0.717) is 37.0 Å². The highest BCUT2D eigenvalue weighted by Crippen LogP contribution is 2.30. The van der Waals surface area contributed by atoms with Gasteiger partial charge in [-0.25, -0.2) is 13.2 Å². The number of nitrogens with one attached hydrogen (secondary N) is 2. The van der Waals surface area contributed by atoms with E-state index in [4.69, 9.17) is 5.73 Å². The zero-order valence-electron chi connectivity index (χ0n) is 15.3. The lowest BCUT2D eigenvalue weighted by Crippen LogP contribution is -2.59. The van der Waals surface area contributed by atoms with E-state index in [9.17, 15) is 18.0 Å². The van der Waals surface area contributed by atoms with Gasteiger partial charge in [0.1, 0.15) is 0 Å². The van der Waals surface area contributed by atoms with Crippen LogP contribution in [0.4, 0.5) is 0 Å². The van der Waals surface area contributed by atoms with E-state index in [1.54, 1.807) is 11.0 Å². The van der Waals surface area contributed by atoms with Crippen molar-refractivity contribution >= 4 is 39.4 Å². The number of sulfonamides is 1. The number of piperazine rings is 1. The van der Waals surface area contributed by atoms with Gasteiger partial charge < -0.3 is 20.6 Å². The first kappa shape index (κ1) is 20.8. The van der Waals surface area contributed by atoms with Crippen LogP contribution in [-0.2, 0) is 14.8 Å². The topological polar surface area (TPSA) is 132 Å². The zero-order chi connectivity index (χ0) is 19.2. The molecule has 0 spiro atoms. The van der Waals surface area contributed by atoms with Crippen LogP contribution < -0.4 is 11.4 Å². The van der Waals surface area contributed by atoms with Gasteiger partial charge >= 0.3 is 5.69 Å². The number of nitrogens with zero attached hydrogens (tertiary/aromatic N) is 2. The summed E-state index contributed by atoms with van der Waals surface area (Å²) in [6.45, 7) is 1.12. The van der Waals surface area contributed by atoms with Gasteiger partial charge in [0, 0.05) is 26.2 Å². The third-order valence-electron chi connectivity index (χ3n) is 5.57. The third kappa shape index (κ3) is 3.57. The molecule has 1 amide bonds. The Kier molecular flexibility index (Phi) is 5.59. The van der Waals surface area contributed by atoms with E-state index in [1.807, 2.05) is 0 Å². The minimum atomic E-state index is -3.70. The quantitative estimate of drug-likeness (QED) is 0.648. The summed E-state index contributed by atoms with van der Waals surface area (Å²) in [6, 6.07) is 4.50. The molecule has 9 nitrogen and oxygen atoms in total. The summed E-state index contributed by atoms with van der Waals surface area (Å²) in [5.74, 6) is -0.0663. The van der Waals surface area contributed by atoms with Crippen LogP contribution in [0.2, 0.25) is 0 Å². The van der Waals surface area contributed by atoms with E-state index in [1.165, 1.54) is 16.4 Å². The summed E-state index contributed by atoms with van der Waals surface area (Å²) in [5.41, 5.74) is 6.08. The van der Waals surface area contributed by atoms with E-state index in [0.717, 1.165) is 12.8 Å². The molecule has 1 aliphatic carbocycles.